The van der Waals surface area contributed by atoms with Gasteiger partial charge in [-0.15, -0.1) is 0 Å². The highest BCUT2D eigenvalue weighted by molar-refractivity contribution is 5.88. The lowest BCUT2D eigenvalue weighted by Gasteiger charge is -2.17. The van der Waals surface area contributed by atoms with Crippen LogP contribution in [0.4, 0.5) is 9.59 Å². The number of benzene rings is 2. The van der Waals surface area contributed by atoms with Crippen molar-refractivity contribution in [3.05, 3.63) is 65.7 Å². The lowest BCUT2D eigenvalue weighted by molar-refractivity contribution is -0.142. The smallest absolute Gasteiger partial charge is 0.508 e. The van der Waals surface area contributed by atoms with Gasteiger partial charge in [0.25, 0.3) is 0 Å². The number of carbonyl (C=O) groups excluding carboxylic acids is 3. The quantitative estimate of drug-likeness (QED) is 0.501. The minimum atomic E-state index is -1.19. The van der Waals surface area contributed by atoms with Gasteiger partial charge in [0.15, 0.2) is 0 Å². The average Bonchev–Trinajstić information content (AvgIpc) is 2.72. The van der Waals surface area contributed by atoms with Gasteiger partial charge in [-0.2, -0.15) is 0 Å². The molecule has 1 atom stereocenters. The third-order valence-corrected chi connectivity index (χ3v) is 3.88. The van der Waals surface area contributed by atoms with E-state index in [1.54, 1.807) is 24.3 Å². The molecule has 8 heteroatoms. The SMILES string of the molecule is CC(C)COC(=O)OC(=O)C(Cc1ccc(O)cc1)NC(=O)OCc1ccccc1. The average molecular weight is 415 g/mol. The van der Waals surface area contributed by atoms with Crippen LogP contribution in [0.2, 0.25) is 0 Å². The number of nitrogens with one attached hydrogen (secondary N) is 1. The molecule has 2 aromatic carbocycles. The maximum absolute atomic E-state index is 12.4. The summed E-state index contributed by atoms with van der Waals surface area (Å²) in [5.74, 6) is -0.842. The summed E-state index contributed by atoms with van der Waals surface area (Å²) in [6.07, 6.45) is -1.95. The monoisotopic (exact) mass is 415 g/mol. The summed E-state index contributed by atoms with van der Waals surface area (Å²) in [5.41, 5.74) is 1.41. The Kier molecular flexibility index (Phi) is 8.68. The van der Waals surface area contributed by atoms with Crippen LogP contribution in [0.15, 0.2) is 54.6 Å². The van der Waals surface area contributed by atoms with Crippen molar-refractivity contribution in [3.63, 3.8) is 0 Å². The Bertz CT molecular complexity index is 834. The number of phenols is 1. The summed E-state index contributed by atoms with van der Waals surface area (Å²) in [5, 5.41) is 11.8. The van der Waals surface area contributed by atoms with Gasteiger partial charge in [-0.25, -0.2) is 14.4 Å². The Morgan fingerprint density at radius 2 is 1.60 bits per heavy atom. The summed E-state index contributed by atoms with van der Waals surface area (Å²) < 4.78 is 14.7. The molecule has 1 amide bonds. The molecule has 8 nitrogen and oxygen atoms in total. The molecule has 0 saturated heterocycles. The van der Waals surface area contributed by atoms with Crippen molar-refractivity contribution in [3.8, 4) is 5.75 Å². The number of rotatable bonds is 8. The Hall–Kier alpha value is -3.55. The Morgan fingerprint density at radius 1 is 0.933 bits per heavy atom. The first-order valence-electron chi connectivity index (χ1n) is 9.47. The van der Waals surface area contributed by atoms with E-state index in [1.807, 2.05) is 32.0 Å². The maximum atomic E-state index is 12.4. The summed E-state index contributed by atoms with van der Waals surface area (Å²) in [4.78, 5) is 36.3. The normalized spacial score (nSPS) is 11.4. The van der Waals surface area contributed by atoms with Gasteiger partial charge in [0.05, 0.1) is 6.61 Å². The molecule has 2 aromatic rings. The van der Waals surface area contributed by atoms with Crippen LogP contribution >= 0.6 is 0 Å². The van der Waals surface area contributed by atoms with Crippen LogP contribution in [-0.4, -0.2) is 36.0 Å². The summed E-state index contributed by atoms with van der Waals surface area (Å²) >= 11 is 0. The van der Waals surface area contributed by atoms with Crippen LogP contribution in [0.25, 0.3) is 0 Å². The first kappa shape index (κ1) is 22.7. The highest BCUT2D eigenvalue weighted by atomic mass is 16.7. The fourth-order valence-electron chi connectivity index (χ4n) is 2.39. The number of hydrogen-bond donors (Lipinski definition) is 2. The Balaban J connectivity index is 2.00. The molecule has 0 saturated carbocycles. The van der Waals surface area contributed by atoms with E-state index in [0.29, 0.717) is 5.56 Å². The van der Waals surface area contributed by atoms with E-state index in [9.17, 15) is 19.5 Å². The number of ether oxygens (including phenoxy) is 3. The number of esters is 1. The summed E-state index contributed by atoms with van der Waals surface area (Å²) in [6.45, 7) is 3.80. The molecule has 2 rings (SSSR count). The summed E-state index contributed by atoms with van der Waals surface area (Å²) in [6, 6.07) is 13.9. The molecule has 0 aliphatic heterocycles. The van der Waals surface area contributed by atoms with E-state index < -0.39 is 24.3 Å². The zero-order valence-corrected chi connectivity index (χ0v) is 16.9. The molecular formula is C22H25NO7. The molecule has 0 aromatic heterocycles. The molecule has 0 radical (unpaired) electrons. The zero-order valence-electron chi connectivity index (χ0n) is 16.9. The molecule has 0 aliphatic carbocycles. The largest absolute Gasteiger partial charge is 0.516 e. The van der Waals surface area contributed by atoms with Crippen molar-refractivity contribution < 1.29 is 33.7 Å². The molecule has 30 heavy (non-hydrogen) atoms. The van der Waals surface area contributed by atoms with E-state index in [2.05, 4.69) is 5.32 Å². The van der Waals surface area contributed by atoms with Crippen LogP contribution < -0.4 is 5.32 Å². The highest BCUT2D eigenvalue weighted by Gasteiger charge is 2.26. The van der Waals surface area contributed by atoms with Gasteiger partial charge in [0.2, 0.25) is 0 Å². The predicted octanol–water partition coefficient (Wildman–Crippen LogP) is 3.57. The first-order chi connectivity index (χ1) is 14.3. The minimum Gasteiger partial charge on any atom is -0.508 e. The number of alkyl carbamates (subject to hydrolysis) is 1. The Labute approximate surface area is 174 Å². The molecule has 0 heterocycles. The predicted molar refractivity (Wildman–Crippen MR) is 108 cm³/mol. The number of hydrogen-bond acceptors (Lipinski definition) is 7. The number of aromatic hydroxyl groups is 1. The summed E-state index contributed by atoms with van der Waals surface area (Å²) in [7, 11) is 0. The van der Waals surface area contributed by atoms with Gasteiger partial charge in [0, 0.05) is 6.42 Å². The second kappa shape index (κ2) is 11.5. The highest BCUT2D eigenvalue weighted by Crippen LogP contribution is 2.12. The number of carbonyl (C=O) groups is 3. The van der Waals surface area contributed by atoms with Gasteiger partial charge in [-0.3, -0.25) is 0 Å². The molecule has 0 fully saturated rings. The minimum absolute atomic E-state index is 0.0179. The van der Waals surface area contributed by atoms with Crippen LogP contribution in [0.3, 0.4) is 0 Å². The topological polar surface area (TPSA) is 111 Å². The second-order valence-corrected chi connectivity index (χ2v) is 7.01. The van der Waals surface area contributed by atoms with Crippen LogP contribution in [-0.2, 0) is 32.0 Å². The molecular weight excluding hydrogens is 390 g/mol. The second-order valence-electron chi connectivity index (χ2n) is 7.01. The van der Waals surface area contributed by atoms with Crippen molar-refractivity contribution in [2.75, 3.05) is 6.61 Å². The number of phenolic OH excluding ortho intramolecular Hbond substituents is 1. The van der Waals surface area contributed by atoms with E-state index >= 15 is 0 Å². The molecule has 0 spiro atoms. The molecule has 1 unspecified atom stereocenters. The van der Waals surface area contributed by atoms with Crippen molar-refractivity contribution in [2.45, 2.75) is 32.9 Å². The van der Waals surface area contributed by atoms with E-state index in [1.165, 1.54) is 12.1 Å². The van der Waals surface area contributed by atoms with Crippen LogP contribution in [0, 0.1) is 5.92 Å². The van der Waals surface area contributed by atoms with Gasteiger partial charge < -0.3 is 24.6 Å². The van der Waals surface area contributed by atoms with E-state index in [0.717, 1.165) is 5.56 Å². The van der Waals surface area contributed by atoms with Gasteiger partial charge in [-0.1, -0.05) is 56.3 Å². The number of amides is 1. The fourth-order valence-corrected chi connectivity index (χ4v) is 2.39. The zero-order chi connectivity index (χ0) is 21.9. The maximum Gasteiger partial charge on any atom is 0.516 e. The van der Waals surface area contributed by atoms with E-state index in [4.69, 9.17) is 14.2 Å². The van der Waals surface area contributed by atoms with Crippen molar-refractivity contribution >= 4 is 18.2 Å². The molecule has 0 aliphatic rings. The third kappa shape index (κ3) is 8.22. The first-order valence-corrected chi connectivity index (χ1v) is 9.47. The lowest BCUT2D eigenvalue weighted by Crippen LogP contribution is -2.44. The molecule has 2 N–H and O–H groups in total. The molecule has 160 valence electrons. The van der Waals surface area contributed by atoms with Gasteiger partial charge in [0.1, 0.15) is 18.4 Å². The Morgan fingerprint density at radius 3 is 2.23 bits per heavy atom. The van der Waals surface area contributed by atoms with Crippen molar-refractivity contribution in [2.24, 2.45) is 5.92 Å². The lowest BCUT2D eigenvalue weighted by atomic mass is 10.1. The van der Waals surface area contributed by atoms with Crippen LogP contribution in [0.5, 0.6) is 5.75 Å². The standard InChI is InChI=1S/C22H25NO7/c1-15(2)13-29-22(27)30-20(25)19(12-16-8-10-18(24)11-9-16)23-21(26)28-14-17-6-4-3-5-7-17/h3-11,15,19,24H,12-14H2,1-2H3,(H,23,26). The van der Waals surface area contributed by atoms with E-state index in [-0.39, 0.29) is 31.3 Å². The van der Waals surface area contributed by atoms with Gasteiger partial charge in [-0.05, 0) is 29.2 Å². The molecule has 0 bridgehead atoms. The van der Waals surface area contributed by atoms with Crippen molar-refractivity contribution in [1.29, 1.82) is 0 Å². The van der Waals surface area contributed by atoms with Crippen molar-refractivity contribution in [1.82, 2.24) is 5.32 Å². The van der Waals surface area contributed by atoms with Crippen LogP contribution in [0.1, 0.15) is 25.0 Å². The van der Waals surface area contributed by atoms with Gasteiger partial charge >= 0.3 is 18.2 Å². The fraction of sp³-hybridized carbons (Fsp3) is 0.318. The third-order valence-electron chi connectivity index (χ3n) is 3.88.